The molecule has 1 amide bonds. The number of nitrogens with zero attached hydrogens (tertiary/aromatic N) is 1. The minimum Gasteiger partial charge on any atom is -0.378 e. The second-order valence-electron chi connectivity index (χ2n) is 5.74. The zero-order valence-electron chi connectivity index (χ0n) is 11.2. The van der Waals surface area contributed by atoms with Gasteiger partial charge in [-0.2, -0.15) is 0 Å². The number of carbonyl (C=O) groups excluding carboxylic acids is 1. The van der Waals surface area contributed by atoms with Gasteiger partial charge in [-0.1, -0.05) is 15.9 Å². The molecule has 1 aliphatic heterocycles. The van der Waals surface area contributed by atoms with Gasteiger partial charge >= 0.3 is 0 Å². The summed E-state index contributed by atoms with van der Waals surface area (Å²) in [6.07, 6.45) is 7.85. The molecule has 2 fully saturated rings. The van der Waals surface area contributed by atoms with Gasteiger partial charge in [-0.15, -0.1) is 0 Å². The molecule has 4 heteroatoms. The van der Waals surface area contributed by atoms with Crippen molar-refractivity contribution in [3.05, 3.63) is 0 Å². The molecule has 2 aliphatic rings. The lowest BCUT2D eigenvalue weighted by atomic mass is 9.85. The van der Waals surface area contributed by atoms with Crippen LogP contribution in [0.5, 0.6) is 0 Å². The van der Waals surface area contributed by atoms with Gasteiger partial charge in [0, 0.05) is 31.4 Å². The molecule has 0 N–H and O–H groups in total. The normalized spacial score (nSPS) is 31.8. The van der Waals surface area contributed by atoms with Crippen LogP contribution in [0.1, 0.15) is 44.9 Å². The average Bonchev–Trinajstić information content (AvgIpc) is 2.35. The van der Waals surface area contributed by atoms with Crippen LogP contribution in [0.2, 0.25) is 0 Å². The zero-order chi connectivity index (χ0) is 13.0. The lowest BCUT2D eigenvalue weighted by molar-refractivity contribution is -0.131. The fourth-order valence-electron chi connectivity index (χ4n) is 2.80. The third-order valence-corrected chi connectivity index (χ3v) is 4.84. The highest BCUT2D eigenvalue weighted by molar-refractivity contribution is 9.09. The van der Waals surface area contributed by atoms with Gasteiger partial charge in [-0.05, 0) is 44.4 Å². The average molecular weight is 318 g/mol. The van der Waals surface area contributed by atoms with Gasteiger partial charge in [0.05, 0.1) is 6.10 Å². The first-order chi connectivity index (χ1) is 8.65. The van der Waals surface area contributed by atoms with E-state index in [9.17, 15) is 4.79 Å². The zero-order valence-corrected chi connectivity index (χ0v) is 12.8. The summed E-state index contributed by atoms with van der Waals surface area (Å²) in [6, 6.07) is 0. The molecule has 1 heterocycles. The van der Waals surface area contributed by atoms with Gasteiger partial charge in [-0.25, -0.2) is 0 Å². The second kappa shape index (κ2) is 6.90. The highest BCUT2D eigenvalue weighted by Gasteiger charge is 2.28. The van der Waals surface area contributed by atoms with Crippen molar-refractivity contribution in [2.75, 3.05) is 20.2 Å². The van der Waals surface area contributed by atoms with Crippen LogP contribution in [0.3, 0.4) is 0 Å². The Balaban J connectivity index is 1.61. The quantitative estimate of drug-likeness (QED) is 0.730. The Hall–Kier alpha value is -0.0900. The smallest absolute Gasteiger partial charge is 0.222 e. The minimum atomic E-state index is 0.280. The molecule has 1 atom stereocenters. The van der Waals surface area contributed by atoms with Gasteiger partial charge in [0.25, 0.3) is 0 Å². The lowest BCUT2D eigenvalue weighted by Crippen LogP contribution is -2.38. The molecule has 0 bridgehead atoms. The van der Waals surface area contributed by atoms with E-state index in [0.29, 0.717) is 23.3 Å². The van der Waals surface area contributed by atoms with Crippen LogP contribution in [0, 0.1) is 5.92 Å². The largest absolute Gasteiger partial charge is 0.378 e. The van der Waals surface area contributed by atoms with Crippen molar-refractivity contribution in [2.24, 2.45) is 5.92 Å². The first-order valence-electron chi connectivity index (χ1n) is 7.15. The van der Waals surface area contributed by atoms with Gasteiger partial charge in [0.15, 0.2) is 0 Å². The molecule has 0 aromatic heterocycles. The summed E-state index contributed by atoms with van der Waals surface area (Å²) in [4.78, 5) is 14.6. The van der Waals surface area contributed by atoms with E-state index in [4.69, 9.17) is 4.74 Å². The Morgan fingerprint density at radius 3 is 2.78 bits per heavy atom. The summed E-state index contributed by atoms with van der Waals surface area (Å²) in [6.45, 7) is 1.80. The molecule has 1 unspecified atom stereocenters. The maximum absolute atomic E-state index is 12.0. The van der Waals surface area contributed by atoms with E-state index < -0.39 is 0 Å². The number of rotatable bonds is 5. The number of hydrogen-bond donors (Lipinski definition) is 0. The molecule has 0 radical (unpaired) electrons. The molecule has 1 saturated heterocycles. The predicted molar refractivity (Wildman–Crippen MR) is 75.9 cm³/mol. The third kappa shape index (κ3) is 4.23. The predicted octanol–water partition coefficient (Wildman–Crippen LogP) is 2.97. The molecule has 1 saturated carbocycles. The Labute approximate surface area is 118 Å². The monoisotopic (exact) mass is 317 g/mol. The minimum absolute atomic E-state index is 0.280. The molecule has 0 spiro atoms. The van der Waals surface area contributed by atoms with E-state index in [-0.39, 0.29) is 5.91 Å². The van der Waals surface area contributed by atoms with Crippen molar-refractivity contribution in [3.63, 3.8) is 0 Å². The van der Waals surface area contributed by atoms with Crippen LogP contribution in [-0.4, -0.2) is 41.9 Å². The molecular formula is C14H24BrNO2. The Morgan fingerprint density at radius 2 is 2.17 bits per heavy atom. The van der Waals surface area contributed by atoms with Crippen molar-refractivity contribution >= 4 is 21.8 Å². The van der Waals surface area contributed by atoms with E-state index >= 15 is 0 Å². The maximum Gasteiger partial charge on any atom is 0.222 e. The van der Waals surface area contributed by atoms with Crippen LogP contribution in [0.15, 0.2) is 0 Å². The Bertz CT molecular complexity index is 273. The SMILES string of the molecule is CN(CC1CC(Br)C1)C(=O)CCC1CCCCO1. The fourth-order valence-corrected chi connectivity index (χ4v) is 3.86. The van der Waals surface area contributed by atoms with E-state index in [2.05, 4.69) is 15.9 Å². The van der Waals surface area contributed by atoms with Crippen LogP contribution in [0.4, 0.5) is 0 Å². The highest BCUT2D eigenvalue weighted by Crippen LogP contribution is 2.33. The standard InChI is InChI=1S/C14H24BrNO2/c1-16(10-11-8-12(15)9-11)14(17)6-5-13-4-2-3-7-18-13/h11-13H,2-10H2,1H3. The molecule has 104 valence electrons. The number of alkyl halides is 1. The number of carbonyl (C=O) groups is 1. The second-order valence-corrected chi connectivity index (χ2v) is 7.03. The lowest BCUT2D eigenvalue weighted by Gasteiger charge is -2.34. The summed E-state index contributed by atoms with van der Waals surface area (Å²) in [5.74, 6) is 0.983. The van der Waals surface area contributed by atoms with E-state index in [0.717, 1.165) is 26.0 Å². The summed E-state index contributed by atoms with van der Waals surface area (Å²) in [7, 11) is 1.94. The van der Waals surface area contributed by atoms with Gasteiger partial charge in [-0.3, -0.25) is 4.79 Å². The van der Waals surface area contributed by atoms with E-state index in [1.807, 2.05) is 11.9 Å². The van der Waals surface area contributed by atoms with Gasteiger partial charge < -0.3 is 9.64 Å². The Morgan fingerprint density at radius 1 is 1.39 bits per heavy atom. The van der Waals surface area contributed by atoms with E-state index in [1.54, 1.807) is 0 Å². The maximum atomic E-state index is 12.0. The van der Waals surface area contributed by atoms with Crippen molar-refractivity contribution < 1.29 is 9.53 Å². The highest BCUT2D eigenvalue weighted by atomic mass is 79.9. The number of hydrogen-bond acceptors (Lipinski definition) is 2. The number of amides is 1. The van der Waals surface area contributed by atoms with Crippen molar-refractivity contribution in [1.29, 1.82) is 0 Å². The van der Waals surface area contributed by atoms with Crippen LogP contribution < -0.4 is 0 Å². The molecule has 3 nitrogen and oxygen atoms in total. The first-order valence-corrected chi connectivity index (χ1v) is 8.06. The van der Waals surface area contributed by atoms with Crippen molar-refractivity contribution in [1.82, 2.24) is 4.90 Å². The summed E-state index contributed by atoms with van der Waals surface area (Å²) in [5.41, 5.74) is 0. The molecule has 0 aromatic rings. The van der Waals surface area contributed by atoms with Crippen molar-refractivity contribution in [3.8, 4) is 0 Å². The molecule has 18 heavy (non-hydrogen) atoms. The van der Waals surface area contributed by atoms with Gasteiger partial charge in [0.1, 0.15) is 0 Å². The Kier molecular flexibility index (Phi) is 5.49. The van der Waals surface area contributed by atoms with Crippen LogP contribution in [0.25, 0.3) is 0 Å². The van der Waals surface area contributed by atoms with Crippen LogP contribution >= 0.6 is 15.9 Å². The van der Waals surface area contributed by atoms with E-state index in [1.165, 1.54) is 25.7 Å². The fraction of sp³-hybridized carbons (Fsp3) is 0.929. The molecule has 0 aromatic carbocycles. The molecule has 2 rings (SSSR count). The van der Waals surface area contributed by atoms with Gasteiger partial charge in [0.2, 0.25) is 5.91 Å². The van der Waals surface area contributed by atoms with Crippen LogP contribution in [-0.2, 0) is 9.53 Å². The van der Waals surface area contributed by atoms with Crippen molar-refractivity contribution in [2.45, 2.75) is 55.9 Å². The summed E-state index contributed by atoms with van der Waals surface area (Å²) >= 11 is 3.59. The molecule has 1 aliphatic carbocycles. The third-order valence-electron chi connectivity index (χ3n) is 4.09. The first kappa shape index (κ1) is 14.3. The molecular weight excluding hydrogens is 294 g/mol. The summed E-state index contributed by atoms with van der Waals surface area (Å²) < 4.78 is 5.66. The number of halogens is 1. The topological polar surface area (TPSA) is 29.5 Å². The number of ether oxygens (including phenoxy) is 1. The summed E-state index contributed by atoms with van der Waals surface area (Å²) in [5, 5.41) is 0.